The summed E-state index contributed by atoms with van der Waals surface area (Å²) in [5, 5.41) is 3.86. The van der Waals surface area contributed by atoms with Gasteiger partial charge in [-0.3, -0.25) is 9.69 Å². The zero-order valence-corrected chi connectivity index (χ0v) is 15.1. The second-order valence-corrected chi connectivity index (χ2v) is 6.78. The number of hydrogen-bond acceptors (Lipinski definition) is 3. The lowest BCUT2D eigenvalue weighted by Gasteiger charge is -2.32. The summed E-state index contributed by atoms with van der Waals surface area (Å²) in [5.41, 5.74) is 1.82. The summed E-state index contributed by atoms with van der Waals surface area (Å²) >= 11 is 6.11. The molecule has 0 bridgehead atoms. The Morgan fingerprint density at radius 2 is 1.92 bits per heavy atom. The Balaban J connectivity index is 1.52. The van der Waals surface area contributed by atoms with Crippen LogP contribution in [0, 0.1) is 0 Å². The van der Waals surface area contributed by atoms with Gasteiger partial charge >= 0.3 is 0 Å². The number of carbonyl (C=O) groups excluding carboxylic acids is 1. The highest BCUT2D eigenvalue weighted by atomic mass is 35.5. The number of nitrogens with one attached hydrogen (secondary N) is 1. The van der Waals surface area contributed by atoms with Crippen LogP contribution < -0.4 is 10.1 Å². The number of likely N-dealkylation sites (tertiary alicyclic amines) is 1. The highest BCUT2D eigenvalue weighted by Gasteiger charge is 2.22. The number of benzene rings is 2. The Bertz CT molecular complexity index is 713. The molecule has 0 aliphatic carbocycles. The highest BCUT2D eigenvalue weighted by molar-refractivity contribution is 6.30. The van der Waals surface area contributed by atoms with E-state index in [2.05, 4.69) is 10.2 Å². The van der Waals surface area contributed by atoms with Crippen molar-refractivity contribution in [2.45, 2.75) is 25.4 Å². The molecular weight excluding hydrogens is 336 g/mol. The van der Waals surface area contributed by atoms with E-state index < -0.39 is 0 Å². The zero-order valence-electron chi connectivity index (χ0n) is 14.4. The zero-order chi connectivity index (χ0) is 17.6. The third-order valence-corrected chi connectivity index (χ3v) is 4.83. The summed E-state index contributed by atoms with van der Waals surface area (Å²) in [7, 11) is 1.68. The van der Waals surface area contributed by atoms with Gasteiger partial charge in [-0.05, 0) is 43.2 Å². The minimum Gasteiger partial charge on any atom is -0.496 e. The number of hydrogen-bond donors (Lipinski definition) is 1. The minimum atomic E-state index is 0.00978. The van der Waals surface area contributed by atoms with E-state index in [9.17, 15) is 4.79 Å². The number of methoxy groups -OCH3 is 1. The maximum atomic E-state index is 12.3. The maximum absolute atomic E-state index is 12.3. The molecule has 5 heteroatoms. The second-order valence-electron chi connectivity index (χ2n) is 6.35. The van der Waals surface area contributed by atoms with E-state index in [1.54, 1.807) is 7.11 Å². The van der Waals surface area contributed by atoms with E-state index >= 15 is 0 Å². The molecule has 1 aliphatic heterocycles. The van der Waals surface area contributed by atoms with Crippen LogP contribution in [0.4, 0.5) is 0 Å². The van der Waals surface area contributed by atoms with E-state index in [1.807, 2.05) is 48.5 Å². The van der Waals surface area contributed by atoms with Crippen molar-refractivity contribution in [2.24, 2.45) is 0 Å². The van der Waals surface area contributed by atoms with Crippen molar-refractivity contribution in [3.8, 4) is 5.75 Å². The Morgan fingerprint density at radius 3 is 2.60 bits per heavy atom. The number of rotatable bonds is 5. The second kappa shape index (κ2) is 8.37. The van der Waals surface area contributed by atoms with Gasteiger partial charge in [-0.25, -0.2) is 0 Å². The van der Waals surface area contributed by atoms with Crippen LogP contribution >= 0.6 is 11.6 Å². The number of piperidine rings is 1. The molecule has 4 nitrogen and oxygen atoms in total. The van der Waals surface area contributed by atoms with E-state index in [-0.39, 0.29) is 11.9 Å². The standard InChI is InChI=1S/C20H23ClN2O2/c1-25-19-8-7-17(21)13-16(19)14-23-11-9-18(10-12-23)22-20(24)15-5-3-2-4-6-15/h2-8,13,18H,9-12,14H2,1H3,(H,22,24). The fraction of sp³-hybridized carbons (Fsp3) is 0.350. The normalized spacial score (nSPS) is 15.8. The molecule has 1 heterocycles. The van der Waals surface area contributed by atoms with Crippen molar-refractivity contribution in [3.63, 3.8) is 0 Å². The minimum absolute atomic E-state index is 0.00978. The fourth-order valence-corrected chi connectivity index (χ4v) is 3.40. The molecule has 0 saturated carbocycles. The van der Waals surface area contributed by atoms with Gasteiger partial charge in [0.2, 0.25) is 0 Å². The molecule has 132 valence electrons. The molecule has 0 radical (unpaired) electrons. The molecule has 3 rings (SSSR count). The van der Waals surface area contributed by atoms with Crippen LogP contribution in [0.1, 0.15) is 28.8 Å². The number of halogens is 1. The smallest absolute Gasteiger partial charge is 0.251 e. The fourth-order valence-electron chi connectivity index (χ4n) is 3.21. The first-order chi connectivity index (χ1) is 12.2. The molecule has 1 saturated heterocycles. The van der Waals surface area contributed by atoms with Crippen molar-refractivity contribution < 1.29 is 9.53 Å². The quantitative estimate of drug-likeness (QED) is 0.885. The van der Waals surface area contributed by atoms with E-state index in [1.165, 1.54) is 0 Å². The third-order valence-electron chi connectivity index (χ3n) is 4.60. The van der Waals surface area contributed by atoms with Gasteiger partial charge in [0.1, 0.15) is 5.75 Å². The molecule has 2 aromatic carbocycles. The van der Waals surface area contributed by atoms with Gasteiger partial charge in [0.15, 0.2) is 0 Å². The average Bonchev–Trinajstić information content (AvgIpc) is 2.64. The first-order valence-corrected chi connectivity index (χ1v) is 8.94. The Morgan fingerprint density at radius 1 is 1.20 bits per heavy atom. The average molecular weight is 359 g/mol. The van der Waals surface area contributed by atoms with Crippen molar-refractivity contribution in [2.75, 3.05) is 20.2 Å². The predicted molar refractivity (Wildman–Crippen MR) is 100 cm³/mol. The Labute approximate surface area is 153 Å². The molecular formula is C20H23ClN2O2. The molecule has 0 unspecified atom stereocenters. The molecule has 1 fully saturated rings. The number of ether oxygens (including phenoxy) is 1. The summed E-state index contributed by atoms with van der Waals surface area (Å²) in [6, 6.07) is 15.3. The van der Waals surface area contributed by atoms with Gasteiger partial charge in [0.05, 0.1) is 7.11 Å². The Kier molecular flexibility index (Phi) is 5.95. The van der Waals surface area contributed by atoms with Gasteiger partial charge in [0.25, 0.3) is 5.91 Å². The van der Waals surface area contributed by atoms with Crippen molar-refractivity contribution in [1.29, 1.82) is 0 Å². The van der Waals surface area contributed by atoms with Crippen LogP contribution in [-0.4, -0.2) is 37.0 Å². The number of carbonyl (C=O) groups is 1. The van der Waals surface area contributed by atoms with Crippen LogP contribution in [0.3, 0.4) is 0 Å². The van der Waals surface area contributed by atoms with E-state index in [4.69, 9.17) is 16.3 Å². The van der Waals surface area contributed by atoms with Gasteiger partial charge in [-0.1, -0.05) is 29.8 Å². The molecule has 1 amide bonds. The van der Waals surface area contributed by atoms with Crippen molar-refractivity contribution in [3.05, 3.63) is 64.7 Å². The molecule has 1 N–H and O–H groups in total. The molecule has 1 aliphatic rings. The van der Waals surface area contributed by atoms with Gasteiger partial charge < -0.3 is 10.1 Å². The van der Waals surface area contributed by atoms with Gasteiger partial charge in [0, 0.05) is 41.8 Å². The van der Waals surface area contributed by atoms with Gasteiger partial charge in [-0.15, -0.1) is 0 Å². The summed E-state index contributed by atoms with van der Waals surface area (Å²) in [4.78, 5) is 14.6. The lowest BCUT2D eigenvalue weighted by molar-refractivity contribution is 0.0908. The molecule has 0 spiro atoms. The lowest BCUT2D eigenvalue weighted by Crippen LogP contribution is -2.44. The predicted octanol–water partition coefficient (Wildman–Crippen LogP) is 3.74. The molecule has 25 heavy (non-hydrogen) atoms. The monoisotopic (exact) mass is 358 g/mol. The first-order valence-electron chi connectivity index (χ1n) is 8.56. The Hall–Kier alpha value is -2.04. The largest absolute Gasteiger partial charge is 0.496 e. The van der Waals surface area contributed by atoms with Crippen LogP contribution in [-0.2, 0) is 6.54 Å². The maximum Gasteiger partial charge on any atom is 0.251 e. The van der Waals surface area contributed by atoms with Crippen LogP contribution in [0.5, 0.6) is 5.75 Å². The highest BCUT2D eigenvalue weighted by Crippen LogP contribution is 2.25. The third kappa shape index (κ3) is 4.74. The van der Waals surface area contributed by atoms with E-state index in [0.717, 1.165) is 48.8 Å². The van der Waals surface area contributed by atoms with E-state index in [0.29, 0.717) is 5.56 Å². The number of amides is 1. The summed E-state index contributed by atoms with van der Waals surface area (Å²) in [5.74, 6) is 0.875. The van der Waals surface area contributed by atoms with Crippen LogP contribution in [0.2, 0.25) is 5.02 Å². The topological polar surface area (TPSA) is 41.6 Å². The SMILES string of the molecule is COc1ccc(Cl)cc1CN1CCC(NC(=O)c2ccccc2)CC1. The molecule has 0 aromatic heterocycles. The van der Waals surface area contributed by atoms with Gasteiger partial charge in [-0.2, -0.15) is 0 Å². The number of nitrogens with zero attached hydrogens (tertiary/aromatic N) is 1. The van der Waals surface area contributed by atoms with Crippen LogP contribution in [0.25, 0.3) is 0 Å². The summed E-state index contributed by atoms with van der Waals surface area (Å²) in [6.07, 6.45) is 1.89. The molecule has 2 aromatic rings. The van der Waals surface area contributed by atoms with Crippen molar-refractivity contribution in [1.82, 2.24) is 10.2 Å². The molecule has 0 atom stereocenters. The summed E-state index contributed by atoms with van der Waals surface area (Å²) < 4.78 is 5.42. The van der Waals surface area contributed by atoms with Crippen molar-refractivity contribution >= 4 is 17.5 Å². The first kappa shape index (κ1) is 17.8. The van der Waals surface area contributed by atoms with Crippen LogP contribution in [0.15, 0.2) is 48.5 Å². The summed E-state index contributed by atoms with van der Waals surface area (Å²) in [6.45, 7) is 2.69. The lowest BCUT2D eigenvalue weighted by atomic mass is 10.0.